The maximum Gasteiger partial charge on any atom is 0.251 e. The van der Waals surface area contributed by atoms with Crippen LogP contribution in [0.25, 0.3) is 0 Å². The van der Waals surface area contributed by atoms with E-state index in [2.05, 4.69) is 39.9 Å². The maximum absolute atomic E-state index is 12.4. The highest BCUT2D eigenvalue weighted by atomic mass is 127. The lowest BCUT2D eigenvalue weighted by Crippen LogP contribution is -2.40. The van der Waals surface area contributed by atoms with Gasteiger partial charge in [0.15, 0.2) is 5.96 Å². The second-order valence-corrected chi connectivity index (χ2v) is 7.92. The van der Waals surface area contributed by atoms with Crippen molar-refractivity contribution in [3.8, 4) is 0 Å². The van der Waals surface area contributed by atoms with Gasteiger partial charge in [0.2, 0.25) is 0 Å². The van der Waals surface area contributed by atoms with Crippen molar-refractivity contribution in [1.29, 1.82) is 0 Å². The number of benzene rings is 1. The molecule has 0 radical (unpaired) electrons. The number of carbonyl (C=O) groups excluding carboxylic acids is 1. The van der Waals surface area contributed by atoms with E-state index in [1.54, 1.807) is 7.05 Å². The highest BCUT2D eigenvalue weighted by Crippen LogP contribution is 2.15. The number of hydrogen-bond donors (Lipinski definition) is 3. The summed E-state index contributed by atoms with van der Waals surface area (Å²) >= 11 is 0. The number of halogens is 1. The highest BCUT2D eigenvalue weighted by molar-refractivity contribution is 14.0. The second-order valence-electron chi connectivity index (χ2n) is 7.92. The van der Waals surface area contributed by atoms with Crippen molar-refractivity contribution >= 4 is 35.8 Å². The van der Waals surface area contributed by atoms with Gasteiger partial charge in [0.25, 0.3) is 5.91 Å². The number of nitrogens with one attached hydrogen (secondary N) is 3. The fraction of sp³-hybridized carbons (Fsp3) is 0.500. The Morgan fingerprint density at radius 1 is 1.13 bits per heavy atom. The van der Waals surface area contributed by atoms with Crippen LogP contribution in [-0.2, 0) is 25.9 Å². The molecule has 166 valence electrons. The van der Waals surface area contributed by atoms with Gasteiger partial charge in [-0.2, -0.15) is 0 Å². The lowest BCUT2D eigenvalue weighted by molar-refractivity contribution is 0.0919. The third kappa shape index (κ3) is 7.62. The summed E-state index contributed by atoms with van der Waals surface area (Å²) in [5.74, 6) is 1.51. The molecule has 0 aliphatic carbocycles. The van der Waals surface area contributed by atoms with Crippen LogP contribution in [0, 0.1) is 0 Å². The lowest BCUT2D eigenvalue weighted by Gasteiger charge is -2.20. The minimum absolute atomic E-state index is 0. The number of guanidine groups is 1. The van der Waals surface area contributed by atoms with E-state index >= 15 is 0 Å². The minimum atomic E-state index is -0.270. The standard InChI is InChI=1S/C22H33N5O2.HI/c1-7-18-17(19(8-2)29-27-18)14-25-21(23-6)24-13-15-10-9-11-16(12-15)20(28)26-22(3,4)5;/h9-12H,7-8,13-14H2,1-6H3,(H,26,28)(H2,23,24,25);1H. The number of carbonyl (C=O) groups is 1. The first-order valence-electron chi connectivity index (χ1n) is 10.1. The van der Waals surface area contributed by atoms with Crippen molar-refractivity contribution in [2.75, 3.05) is 7.05 Å². The molecule has 30 heavy (non-hydrogen) atoms. The molecule has 0 unspecified atom stereocenters. The molecule has 0 aliphatic rings. The molecule has 2 aromatic rings. The van der Waals surface area contributed by atoms with E-state index in [1.165, 1.54) is 0 Å². The van der Waals surface area contributed by atoms with Gasteiger partial charge in [0.1, 0.15) is 5.76 Å². The zero-order chi connectivity index (χ0) is 21.4. The molecule has 1 heterocycles. The van der Waals surface area contributed by atoms with Crippen molar-refractivity contribution in [2.45, 2.75) is 66.1 Å². The molecule has 8 heteroatoms. The molecule has 0 spiro atoms. The zero-order valence-corrected chi connectivity index (χ0v) is 21.1. The SMILES string of the molecule is CCc1noc(CC)c1CNC(=NC)NCc1cccc(C(=O)NC(C)(C)C)c1.I. The molecule has 7 nitrogen and oxygen atoms in total. The molecular weight excluding hydrogens is 493 g/mol. The number of hydrogen-bond acceptors (Lipinski definition) is 4. The molecule has 2 rings (SSSR count). The molecule has 1 aromatic carbocycles. The molecule has 1 aromatic heterocycles. The van der Waals surface area contributed by atoms with Gasteiger partial charge < -0.3 is 20.5 Å². The molecule has 1 amide bonds. The monoisotopic (exact) mass is 527 g/mol. The lowest BCUT2D eigenvalue weighted by atomic mass is 10.1. The highest BCUT2D eigenvalue weighted by Gasteiger charge is 2.16. The first-order chi connectivity index (χ1) is 13.8. The summed E-state index contributed by atoms with van der Waals surface area (Å²) in [6.07, 6.45) is 1.63. The third-order valence-corrected chi connectivity index (χ3v) is 4.40. The summed E-state index contributed by atoms with van der Waals surface area (Å²) < 4.78 is 5.41. The van der Waals surface area contributed by atoms with Crippen LogP contribution < -0.4 is 16.0 Å². The molecular formula is C22H34IN5O2. The Bertz CT molecular complexity index is 834. The van der Waals surface area contributed by atoms with Crippen LogP contribution >= 0.6 is 24.0 Å². The quantitative estimate of drug-likeness (QED) is 0.290. The Morgan fingerprint density at radius 2 is 1.83 bits per heavy atom. The van der Waals surface area contributed by atoms with Gasteiger partial charge in [-0.3, -0.25) is 9.79 Å². The van der Waals surface area contributed by atoms with Crippen LogP contribution in [0.2, 0.25) is 0 Å². The summed E-state index contributed by atoms with van der Waals surface area (Å²) in [7, 11) is 1.73. The molecule has 0 bridgehead atoms. The van der Waals surface area contributed by atoms with Crippen LogP contribution in [-0.4, -0.2) is 29.6 Å². The second kappa shape index (κ2) is 11.9. The summed E-state index contributed by atoms with van der Waals surface area (Å²) in [5, 5.41) is 13.7. The van der Waals surface area contributed by atoms with Crippen LogP contribution in [0.1, 0.15) is 67.6 Å². The molecule has 0 saturated carbocycles. The number of rotatable bonds is 7. The first kappa shape index (κ1) is 25.9. The van der Waals surface area contributed by atoms with Crippen molar-refractivity contribution in [2.24, 2.45) is 4.99 Å². The maximum atomic E-state index is 12.4. The van der Waals surface area contributed by atoms with Gasteiger partial charge in [0.05, 0.1) is 5.69 Å². The average Bonchev–Trinajstić information content (AvgIpc) is 3.09. The van der Waals surface area contributed by atoms with Crippen molar-refractivity contribution in [3.05, 3.63) is 52.4 Å². The molecule has 0 aliphatic heterocycles. The van der Waals surface area contributed by atoms with E-state index in [0.717, 1.165) is 35.4 Å². The number of aromatic nitrogens is 1. The summed E-state index contributed by atoms with van der Waals surface area (Å²) in [5.41, 5.74) is 3.45. The smallest absolute Gasteiger partial charge is 0.251 e. The largest absolute Gasteiger partial charge is 0.361 e. The fourth-order valence-electron chi connectivity index (χ4n) is 2.95. The Morgan fingerprint density at radius 3 is 2.43 bits per heavy atom. The van der Waals surface area contributed by atoms with Gasteiger partial charge in [-0.25, -0.2) is 0 Å². The Balaban J connectivity index is 0.00000450. The zero-order valence-electron chi connectivity index (χ0n) is 18.8. The van der Waals surface area contributed by atoms with E-state index < -0.39 is 0 Å². The van der Waals surface area contributed by atoms with E-state index in [0.29, 0.717) is 24.6 Å². The normalized spacial score (nSPS) is 11.6. The molecule has 0 atom stereocenters. The molecule has 0 fully saturated rings. The number of amides is 1. The fourth-order valence-corrected chi connectivity index (χ4v) is 2.95. The Kier molecular flexibility index (Phi) is 10.3. The van der Waals surface area contributed by atoms with Crippen LogP contribution in [0.5, 0.6) is 0 Å². The van der Waals surface area contributed by atoms with Crippen molar-refractivity contribution in [3.63, 3.8) is 0 Å². The van der Waals surface area contributed by atoms with Crippen molar-refractivity contribution < 1.29 is 9.32 Å². The van der Waals surface area contributed by atoms with Crippen LogP contribution in [0.4, 0.5) is 0 Å². The van der Waals surface area contributed by atoms with E-state index in [4.69, 9.17) is 4.52 Å². The van der Waals surface area contributed by atoms with Crippen molar-refractivity contribution in [1.82, 2.24) is 21.1 Å². The Labute approximate surface area is 196 Å². The Hall–Kier alpha value is -2.10. The van der Waals surface area contributed by atoms with Gasteiger partial charge in [-0.05, 0) is 44.9 Å². The summed E-state index contributed by atoms with van der Waals surface area (Å²) in [4.78, 5) is 16.7. The predicted molar refractivity (Wildman–Crippen MR) is 131 cm³/mol. The van der Waals surface area contributed by atoms with Gasteiger partial charge in [-0.1, -0.05) is 31.1 Å². The minimum Gasteiger partial charge on any atom is -0.361 e. The van der Waals surface area contributed by atoms with Gasteiger partial charge in [0, 0.05) is 43.2 Å². The topological polar surface area (TPSA) is 91.6 Å². The number of nitrogens with zero attached hydrogens (tertiary/aromatic N) is 2. The van der Waals surface area contributed by atoms with E-state index in [9.17, 15) is 4.79 Å². The summed E-state index contributed by atoms with van der Waals surface area (Å²) in [6.45, 7) is 11.2. The van der Waals surface area contributed by atoms with Crippen LogP contribution in [0.15, 0.2) is 33.8 Å². The molecule has 3 N–H and O–H groups in total. The number of aliphatic imine (C=N–C) groups is 1. The van der Waals surface area contributed by atoms with E-state index in [-0.39, 0.29) is 35.4 Å². The third-order valence-electron chi connectivity index (χ3n) is 4.40. The number of aryl methyl sites for hydroxylation is 2. The first-order valence-corrected chi connectivity index (χ1v) is 10.1. The predicted octanol–water partition coefficient (Wildman–Crippen LogP) is 3.81. The van der Waals surface area contributed by atoms with Gasteiger partial charge in [-0.15, -0.1) is 24.0 Å². The van der Waals surface area contributed by atoms with Crippen LogP contribution in [0.3, 0.4) is 0 Å². The summed E-state index contributed by atoms with van der Waals surface area (Å²) in [6, 6.07) is 7.59. The van der Waals surface area contributed by atoms with E-state index in [1.807, 2.05) is 45.0 Å². The average molecular weight is 527 g/mol. The molecule has 0 saturated heterocycles. The van der Waals surface area contributed by atoms with Gasteiger partial charge >= 0.3 is 0 Å².